The van der Waals surface area contributed by atoms with E-state index in [1.165, 1.54) is 18.3 Å². The second-order valence-electron chi connectivity index (χ2n) is 9.95. The molecule has 200 valence electrons. The highest BCUT2D eigenvalue weighted by molar-refractivity contribution is 6.01. The normalized spacial score (nSPS) is 18.9. The molecule has 0 aliphatic carbocycles. The fourth-order valence-electron chi connectivity index (χ4n) is 5.80. The lowest BCUT2D eigenvalue weighted by atomic mass is 9.82. The number of rotatable bonds is 7. The van der Waals surface area contributed by atoms with Crippen molar-refractivity contribution in [2.75, 3.05) is 4.90 Å². The van der Waals surface area contributed by atoms with Crippen LogP contribution in [0.25, 0.3) is 16.6 Å². The van der Waals surface area contributed by atoms with Crippen LogP contribution in [0.3, 0.4) is 0 Å². The molecule has 3 atom stereocenters. The van der Waals surface area contributed by atoms with Crippen molar-refractivity contribution >= 4 is 28.4 Å². The third-order valence-corrected chi connectivity index (χ3v) is 7.59. The Balaban J connectivity index is 1.42. The van der Waals surface area contributed by atoms with E-state index in [2.05, 4.69) is 15.1 Å². The van der Waals surface area contributed by atoms with Crippen LogP contribution in [-0.2, 0) is 11.2 Å². The van der Waals surface area contributed by atoms with Gasteiger partial charge in [-0.25, -0.2) is 19.0 Å². The van der Waals surface area contributed by atoms with Crippen molar-refractivity contribution in [3.63, 3.8) is 0 Å². The molecule has 0 radical (unpaired) electrons. The molecule has 9 heteroatoms. The number of halogens is 1. The molecule has 1 aliphatic rings. The molecule has 3 unspecified atom stereocenters. The molecular weight excluding hydrogens is 507 g/mol. The highest BCUT2D eigenvalue weighted by Crippen LogP contribution is 2.44. The third kappa shape index (κ3) is 4.49. The first kappa shape index (κ1) is 25.4. The number of aromatic nitrogens is 4. The molecule has 0 bridgehead atoms. The van der Waals surface area contributed by atoms with Crippen LogP contribution in [0.2, 0.25) is 0 Å². The van der Waals surface area contributed by atoms with Gasteiger partial charge in [-0.05, 0) is 66.9 Å². The Hall–Kier alpha value is -4.92. The van der Waals surface area contributed by atoms with Gasteiger partial charge in [-0.2, -0.15) is 5.10 Å². The summed E-state index contributed by atoms with van der Waals surface area (Å²) in [4.78, 5) is 36.5. The maximum atomic E-state index is 14.2. The molecule has 0 spiro atoms. The Morgan fingerprint density at radius 2 is 1.75 bits per heavy atom. The number of hydrogen-bond donors (Lipinski definition) is 1. The molecule has 3 aromatic carbocycles. The molecule has 40 heavy (non-hydrogen) atoms. The zero-order valence-electron chi connectivity index (χ0n) is 21.8. The van der Waals surface area contributed by atoms with Crippen LogP contribution >= 0.6 is 0 Å². The number of carbonyl (C=O) groups is 2. The predicted molar refractivity (Wildman–Crippen MR) is 150 cm³/mol. The monoisotopic (exact) mass is 534 g/mol. The fourth-order valence-corrected chi connectivity index (χ4v) is 5.80. The van der Waals surface area contributed by atoms with Crippen molar-refractivity contribution in [3.8, 4) is 5.69 Å². The summed E-state index contributed by atoms with van der Waals surface area (Å²) < 4.78 is 15.2. The highest BCUT2D eigenvalue weighted by atomic mass is 19.1. The van der Waals surface area contributed by atoms with E-state index in [1.54, 1.807) is 29.1 Å². The fraction of sp³-hybridized carbons (Fsp3) is 0.194. The van der Waals surface area contributed by atoms with Gasteiger partial charge < -0.3 is 10.6 Å². The lowest BCUT2D eigenvalue weighted by molar-refractivity contribution is -0.120. The van der Waals surface area contributed by atoms with Gasteiger partial charge in [0.05, 0.1) is 29.0 Å². The Labute approximate surface area is 230 Å². The highest BCUT2D eigenvalue weighted by Gasteiger charge is 2.49. The summed E-state index contributed by atoms with van der Waals surface area (Å²) in [6.45, 7) is 2.05. The molecule has 3 heterocycles. The molecular formula is C31H27FN6O2. The van der Waals surface area contributed by atoms with E-state index in [9.17, 15) is 14.0 Å². The average molecular weight is 535 g/mol. The van der Waals surface area contributed by atoms with Gasteiger partial charge in [0.25, 0.3) is 5.91 Å². The summed E-state index contributed by atoms with van der Waals surface area (Å²) in [7, 11) is 0. The van der Waals surface area contributed by atoms with Gasteiger partial charge >= 0.3 is 0 Å². The van der Waals surface area contributed by atoms with E-state index in [0.717, 1.165) is 27.8 Å². The van der Waals surface area contributed by atoms with E-state index in [-0.39, 0.29) is 29.5 Å². The van der Waals surface area contributed by atoms with Crippen molar-refractivity contribution in [3.05, 3.63) is 114 Å². The zero-order valence-corrected chi connectivity index (χ0v) is 21.8. The minimum Gasteiger partial charge on any atom is -0.363 e. The number of fused-ring (bicyclic) bond motifs is 1. The summed E-state index contributed by atoms with van der Waals surface area (Å²) in [5, 5.41) is 5.36. The minimum atomic E-state index is -0.709. The number of hydrogen-bond acceptors (Lipinski definition) is 5. The molecule has 2 N–H and O–H groups in total. The Kier molecular flexibility index (Phi) is 6.55. The van der Waals surface area contributed by atoms with Gasteiger partial charge in [0.15, 0.2) is 0 Å². The summed E-state index contributed by atoms with van der Waals surface area (Å²) in [6.07, 6.45) is 4.46. The molecule has 2 aromatic heterocycles. The smallest absolute Gasteiger partial charge is 0.286 e. The van der Waals surface area contributed by atoms with E-state index in [4.69, 9.17) is 5.73 Å². The number of anilines is 1. The Morgan fingerprint density at radius 3 is 2.48 bits per heavy atom. The van der Waals surface area contributed by atoms with Crippen molar-refractivity contribution in [1.29, 1.82) is 0 Å². The molecule has 1 saturated heterocycles. The summed E-state index contributed by atoms with van der Waals surface area (Å²) in [6, 6.07) is 23.4. The average Bonchev–Trinajstić information content (AvgIpc) is 3.52. The SMILES string of the molecule is CCC1C(c2ccnc(C(N)=O)n2)C(Cc2ccccc2)C(=O)N1c1ccc2c(cnn2-c2ccc(F)cc2)c1. The number of nitrogens with zero attached hydrogens (tertiary/aromatic N) is 5. The lowest BCUT2D eigenvalue weighted by Crippen LogP contribution is -2.34. The van der Waals surface area contributed by atoms with Crippen molar-refractivity contribution in [1.82, 2.24) is 19.7 Å². The maximum absolute atomic E-state index is 14.2. The molecule has 5 aromatic rings. The molecule has 6 rings (SSSR count). The summed E-state index contributed by atoms with van der Waals surface area (Å²) in [5.41, 5.74) is 9.50. The third-order valence-electron chi connectivity index (χ3n) is 7.59. The molecule has 1 aliphatic heterocycles. The van der Waals surface area contributed by atoms with Gasteiger partial charge in [0.2, 0.25) is 11.7 Å². The number of nitrogens with two attached hydrogens (primary N) is 1. The van der Waals surface area contributed by atoms with E-state index < -0.39 is 11.8 Å². The standard InChI is InChI=1S/C31H27FN6O2/c1-2-26-28(25-14-15-34-30(36-25)29(33)39)24(16-19-6-4-3-5-7-19)31(40)37(26)23-12-13-27-20(17-23)18-35-38(27)22-10-8-21(32)9-11-22/h3-15,17-18,24,26,28H,2,16H2,1H3,(H2,33,39). The topological polar surface area (TPSA) is 107 Å². The summed E-state index contributed by atoms with van der Waals surface area (Å²) in [5.74, 6) is -1.78. The summed E-state index contributed by atoms with van der Waals surface area (Å²) >= 11 is 0. The van der Waals surface area contributed by atoms with Crippen LogP contribution in [0.1, 0.15) is 41.1 Å². The molecule has 0 saturated carbocycles. The van der Waals surface area contributed by atoms with Gasteiger partial charge in [0, 0.05) is 29.2 Å². The maximum Gasteiger partial charge on any atom is 0.286 e. The van der Waals surface area contributed by atoms with E-state index >= 15 is 0 Å². The van der Waals surface area contributed by atoms with Crippen LogP contribution in [0.15, 0.2) is 91.3 Å². The van der Waals surface area contributed by atoms with Gasteiger partial charge in [-0.1, -0.05) is 37.3 Å². The van der Waals surface area contributed by atoms with Crippen molar-refractivity contribution in [2.45, 2.75) is 31.7 Å². The number of amides is 2. The first-order valence-electron chi connectivity index (χ1n) is 13.2. The Morgan fingerprint density at radius 1 is 1.00 bits per heavy atom. The minimum absolute atomic E-state index is 0.00906. The van der Waals surface area contributed by atoms with Crippen molar-refractivity contribution < 1.29 is 14.0 Å². The van der Waals surface area contributed by atoms with Crippen LogP contribution in [0, 0.1) is 11.7 Å². The van der Waals surface area contributed by atoms with Crippen LogP contribution < -0.4 is 10.6 Å². The Bertz CT molecular complexity index is 1700. The number of carbonyl (C=O) groups excluding carboxylic acids is 2. The quantitative estimate of drug-likeness (QED) is 0.322. The largest absolute Gasteiger partial charge is 0.363 e. The first-order chi connectivity index (χ1) is 19.4. The molecule has 8 nitrogen and oxygen atoms in total. The number of benzene rings is 3. The predicted octanol–water partition coefficient (Wildman–Crippen LogP) is 4.82. The van der Waals surface area contributed by atoms with Crippen molar-refractivity contribution in [2.24, 2.45) is 11.7 Å². The van der Waals surface area contributed by atoms with Crippen LogP contribution in [0.4, 0.5) is 10.1 Å². The van der Waals surface area contributed by atoms with Gasteiger partial charge in [-0.15, -0.1) is 0 Å². The van der Waals surface area contributed by atoms with Crippen LogP contribution in [0.5, 0.6) is 0 Å². The second kappa shape index (κ2) is 10.3. The van der Waals surface area contributed by atoms with Gasteiger partial charge in [-0.3, -0.25) is 9.59 Å². The number of primary amides is 1. The van der Waals surface area contributed by atoms with E-state index in [0.29, 0.717) is 18.5 Å². The molecule has 1 fully saturated rings. The second-order valence-corrected chi connectivity index (χ2v) is 9.95. The zero-order chi connectivity index (χ0) is 27.8. The van der Waals surface area contributed by atoms with Crippen LogP contribution in [-0.4, -0.2) is 37.6 Å². The van der Waals surface area contributed by atoms with Gasteiger partial charge in [0.1, 0.15) is 5.82 Å². The first-order valence-corrected chi connectivity index (χ1v) is 13.2. The molecule has 2 amide bonds. The van der Waals surface area contributed by atoms with E-state index in [1.807, 2.05) is 60.4 Å². The lowest BCUT2D eigenvalue weighted by Gasteiger charge is -2.27.